The van der Waals surface area contributed by atoms with Crippen molar-refractivity contribution in [2.24, 2.45) is 5.10 Å². The molecule has 0 unspecified atom stereocenters. The van der Waals surface area contributed by atoms with Crippen LogP contribution in [0.5, 0.6) is 17.2 Å². The Morgan fingerprint density at radius 3 is 2.13 bits per heavy atom. The second kappa shape index (κ2) is 11.2. The Labute approximate surface area is 185 Å². The van der Waals surface area contributed by atoms with Gasteiger partial charge in [-0.05, 0) is 45.9 Å². The van der Waals surface area contributed by atoms with Crippen LogP contribution in [-0.2, 0) is 0 Å². The fraction of sp³-hybridized carbons (Fsp3) is 0.333. The lowest BCUT2D eigenvalue weighted by atomic mass is 10.1. The van der Waals surface area contributed by atoms with Crippen LogP contribution >= 0.6 is 11.6 Å². The van der Waals surface area contributed by atoms with E-state index in [0.29, 0.717) is 48.3 Å². The molecule has 1 N–H and O–H groups in total. The van der Waals surface area contributed by atoms with Gasteiger partial charge >= 0.3 is 0 Å². The zero-order valence-electron chi connectivity index (χ0n) is 17.7. The van der Waals surface area contributed by atoms with Crippen LogP contribution in [0.25, 0.3) is 0 Å². The van der Waals surface area contributed by atoms with Gasteiger partial charge in [0.05, 0.1) is 30.5 Å². The van der Waals surface area contributed by atoms with E-state index in [9.17, 15) is 14.9 Å². The highest BCUT2D eigenvalue weighted by atomic mass is 35.5. The molecule has 9 nitrogen and oxygen atoms in total. The molecular weight excluding hydrogens is 426 g/mol. The van der Waals surface area contributed by atoms with Crippen molar-refractivity contribution in [1.29, 1.82) is 0 Å². The quantitative estimate of drug-likeness (QED) is 0.322. The van der Waals surface area contributed by atoms with Crippen LogP contribution in [0.2, 0.25) is 5.02 Å². The Bertz CT molecular complexity index is 966. The normalized spacial score (nSPS) is 11.1. The van der Waals surface area contributed by atoms with Crippen LogP contribution < -0.4 is 19.6 Å². The Morgan fingerprint density at radius 2 is 1.61 bits per heavy atom. The molecule has 0 radical (unpaired) electrons. The van der Waals surface area contributed by atoms with Crippen molar-refractivity contribution in [2.45, 2.75) is 27.7 Å². The lowest BCUT2D eigenvalue weighted by molar-refractivity contribution is -0.384. The van der Waals surface area contributed by atoms with Gasteiger partial charge in [-0.15, -0.1) is 0 Å². The van der Waals surface area contributed by atoms with E-state index in [4.69, 9.17) is 25.8 Å². The molecule has 0 aliphatic carbocycles. The molecule has 0 atom stereocenters. The molecule has 1 amide bonds. The molecule has 0 saturated carbocycles. The molecule has 0 saturated heterocycles. The summed E-state index contributed by atoms with van der Waals surface area (Å²) >= 11 is 5.83. The van der Waals surface area contributed by atoms with Gasteiger partial charge in [-0.2, -0.15) is 5.10 Å². The van der Waals surface area contributed by atoms with Gasteiger partial charge in [-0.25, -0.2) is 5.43 Å². The summed E-state index contributed by atoms with van der Waals surface area (Å²) in [5.41, 5.74) is 3.28. The number of carbonyl (C=O) groups excluding carboxylic acids is 1. The van der Waals surface area contributed by atoms with E-state index in [1.54, 1.807) is 25.1 Å². The average Bonchev–Trinajstić information content (AvgIpc) is 2.74. The first-order valence-corrected chi connectivity index (χ1v) is 10.0. The van der Waals surface area contributed by atoms with E-state index < -0.39 is 10.8 Å². The van der Waals surface area contributed by atoms with Crippen LogP contribution in [0.3, 0.4) is 0 Å². The number of benzene rings is 2. The molecule has 0 fully saturated rings. The summed E-state index contributed by atoms with van der Waals surface area (Å²) in [5.74, 6) is 0.688. The number of ether oxygens (including phenoxy) is 3. The van der Waals surface area contributed by atoms with E-state index in [-0.39, 0.29) is 16.3 Å². The fourth-order valence-electron chi connectivity index (χ4n) is 2.66. The Kier molecular flexibility index (Phi) is 8.63. The molecule has 2 aromatic rings. The van der Waals surface area contributed by atoms with Gasteiger partial charge in [0, 0.05) is 17.2 Å². The minimum Gasteiger partial charge on any atom is -0.490 e. The van der Waals surface area contributed by atoms with Gasteiger partial charge in [-0.3, -0.25) is 14.9 Å². The standard InChI is InChI=1S/C21H24ClN3O6/c1-5-29-18-11-15(12-19(30-6-2)20(18)31-7-3)21(26)24-23-13(4)14-8-9-16(22)17(10-14)25(27)28/h8-12H,5-7H2,1-4H3,(H,24,26)/b23-13+. The number of hydrogen-bond acceptors (Lipinski definition) is 7. The second-order valence-corrected chi connectivity index (χ2v) is 6.57. The molecule has 2 rings (SSSR count). The number of hydrogen-bond donors (Lipinski definition) is 1. The summed E-state index contributed by atoms with van der Waals surface area (Å²) in [4.78, 5) is 23.2. The molecule has 2 aromatic carbocycles. The second-order valence-electron chi connectivity index (χ2n) is 6.16. The van der Waals surface area contributed by atoms with E-state index in [0.717, 1.165) is 0 Å². The first kappa shape index (κ1) is 23.9. The molecule has 31 heavy (non-hydrogen) atoms. The summed E-state index contributed by atoms with van der Waals surface area (Å²) in [7, 11) is 0. The number of amides is 1. The van der Waals surface area contributed by atoms with Crippen molar-refractivity contribution in [2.75, 3.05) is 19.8 Å². The number of carbonyl (C=O) groups is 1. The average molecular weight is 450 g/mol. The molecule has 166 valence electrons. The number of nitrogens with zero attached hydrogens (tertiary/aromatic N) is 2. The molecule has 0 heterocycles. The Balaban J connectivity index is 2.32. The summed E-state index contributed by atoms with van der Waals surface area (Å²) in [5, 5.41) is 15.1. The van der Waals surface area contributed by atoms with Crippen molar-refractivity contribution in [1.82, 2.24) is 5.43 Å². The van der Waals surface area contributed by atoms with E-state index in [1.807, 2.05) is 20.8 Å². The van der Waals surface area contributed by atoms with E-state index >= 15 is 0 Å². The van der Waals surface area contributed by atoms with E-state index in [1.165, 1.54) is 12.1 Å². The predicted octanol–water partition coefficient (Wildman–Crippen LogP) is 4.60. The Morgan fingerprint density at radius 1 is 1.03 bits per heavy atom. The fourth-order valence-corrected chi connectivity index (χ4v) is 2.85. The predicted molar refractivity (Wildman–Crippen MR) is 118 cm³/mol. The first-order valence-electron chi connectivity index (χ1n) is 9.67. The third-order valence-electron chi connectivity index (χ3n) is 4.06. The maximum absolute atomic E-state index is 12.7. The van der Waals surface area contributed by atoms with Crippen LogP contribution in [0, 0.1) is 10.1 Å². The summed E-state index contributed by atoms with van der Waals surface area (Å²) in [6.45, 7) is 8.26. The third-order valence-corrected chi connectivity index (χ3v) is 4.38. The molecular formula is C21H24ClN3O6. The molecule has 0 bridgehead atoms. The summed E-state index contributed by atoms with van der Waals surface area (Å²) < 4.78 is 16.9. The lowest BCUT2D eigenvalue weighted by Crippen LogP contribution is -2.20. The van der Waals surface area contributed by atoms with Crippen LogP contribution in [-0.4, -0.2) is 36.4 Å². The van der Waals surface area contributed by atoms with Crippen LogP contribution in [0.15, 0.2) is 35.4 Å². The SMILES string of the molecule is CCOc1cc(C(=O)N/N=C(\C)c2ccc(Cl)c([N+](=O)[O-])c2)cc(OCC)c1OCC. The van der Waals surface area contributed by atoms with Gasteiger partial charge in [0.15, 0.2) is 11.5 Å². The van der Waals surface area contributed by atoms with Crippen molar-refractivity contribution in [3.8, 4) is 17.2 Å². The minimum absolute atomic E-state index is 0.0203. The summed E-state index contributed by atoms with van der Waals surface area (Å²) in [6.07, 6.45) is 0. The highest BCUT2D eigenvalue weighted by Gasteiger charge is 2.19. The minimum atomic E-state index is -0.581. The first-order chi connectivity index (χ1) is 14.8. The van der Waals surface area contributed by atoms with Crippen LogP contribution in [0.4, 0.5) is 5.69 Å². The van der Waals surface area contributed by atoms with Gasteiger partial charge in [0.2, 0.25) is 5.75 Å². The topological polar surface area (TPSA) is 112 Å². The van der Waals surface area contributed by atoms with Crippen LogP contribution in [0.1, 0.15) is 43.6 Å². The zero-order chi connectivity index (χ0) is 23.0. The van der Waals surface area contributed by atoms with Crippen molar-refractivity contribution in [3.05, 3.63) is 56.6 Å². The molecule has 0 aliphatic heterocycles. The van der Waals surface area contributed by atoms with Crippen molar-refractivity contribution in [3.63, 3.8) is 0 Å². The number of halogens is 1. The van der Waals surface area contributed by atoms with Gasteiger partial charge < -0.3 is 14.2 Å². The maximum atomic E-state index is 12.7. The largest absolute Gasteiger partial charge is 0.490 e. The maximum Gasteiger partial charge on any atom is 0.288 e. The number of nitrogens with one attached hydrogen (secondary N) is 1. The zero-order valence-corrected chi connectivity index (χ0v) is 18.5. The number of hydrazone groups is 1. The monoisotopic (exact) mass is 449 g/mol. The highest BCUT2D eigenvalue weighted by molar-refractivity contribution is 6.32. The molecule has 10 heteroatoms. The lowest BCUT2D eigenvalue weighted by Gasteiger charge is -2.16. The number of nitro groups is 1. The smallest absolute Gasteiger partial charge is 0.288 e. The third kappa shape index (κ3) is 6.08. The number of nitro benzene ring substituents is 1. The van der Waals surface area contributed by atoms with Crippen molar-refractivity contribution >= 4 is 28.9 Å². The van der Waals surface area contributed by atoms with Gasteiger partial charge in [0.25, 0.3) is 11.6 Å². The molecule has 0 aliphatic rings. The summed E-state index contributed by atoms with van der Waals surface area (Å²) in [6, 6.07) is 7.38. The Hall–Kier alpha value is -3.33. The van der Waals surface area contributed by atoms with E-state index in [2.05, 4.69) is 10.5 Å². The molecule has 0 aromatic heterocycles. The molecule has 0 spiro atoms. The highest BCUT2D eigenvalue weighted by Crippen LogP contribution is 2.39. The van der Waals surface area contributed by atoms with Gasteiger partial charge in [-0.1, -0.05) is 17.7 Å². The number of rotatable bonds is 10. The van der Waals surface area contributed by atoms with Crippen molar-refractivity contribution < 1.29 is 23.9 Å². The van der Waals surface area contributed by atoms with Gasteiger partial charge in [0.1, 0.15) is 5.02 Å².